The molecule has 1 heteroatoms. The van der Waals surface area contributed by atoms with E-state index >= 15 is 0 Å². The van der Waals surface area contributed by atoms with E-state index in [9.17, 15) is 0 Å². The number of unbranched alkanes of at least 4 members (excludes halogenated alkanes) is 1. The Morgan fingerprint density at radius 3 is 2.77 bits per heavy atom. The molecule has 1 rings (SSSR count). The third kappa shape index (κ3) is 2.26. The second kappa shape index (κ2) is 4.17. The first kappa shape index (κ1) is 10.6. The van der Waals surface area contributed by atoms with Gasteiger partial charge in [0.1, 0.15) is 0 Å². The Kier molecular flexibility index (Phi) is 3.40. The molecule has 2 atom stereocenters. The molecule has 76 valence electrons. The number of allylic oxidation sites excluding steroid dienone is 1. The highest BCUT2D eigenvalue weighted by atomic mass is 15.0. The smallest absolute Gasteiger partial charge is 0.0371 e. The summed E-state index contributed by atoms with van der Waals surface area (Å²) in [5, 5.41) is 3.54. The van der Waals surface area contributed by atoms with Gasteiger partial charge in [-0.05, 0) is 32.1 Å². The van der Waals surface area contributed by atoms with E-state index in [-0.39, 0.29) is 0 Å². The molecule has 0 aliphatic carbocycles. The molecule has 2 unspecified atom stereocenters. The van der Waals surface area contributed by atoms with Gasteiger partial charge in [0.25, 0.3) is 0 Å². The van der Waals surface area contributed by atoms with Crippen molar-refractivity contribution in [1.82, 2.24) is 5.32 Å². The minimum atomic E-state index is 0.326. The van der Waals surface area contributed by atoms with Gasteiger partial charge >= 0.3 is 0 Å². The number of hydrogen-bond acceptors (Lipinski definition) is 1. The Labute approximate surface area is 82.6 Å². The van der Waals surface area contributed by atoms with Crippen molar-refractivity contribution in [2.24, 2.45) is 5.92 Å². The van der Waals surface area contributed by atoms with Crippen molar-refractivity contribution in [3.63, 3.8) is 0 Å². The molecule has 0 amide bonds. The van der Waals surface area contributed by atoms with Crippen LogP contribution >= 0.6 is 0 Å². The van der Waals surface area contributed by atoms with Gasteiger partial charge in [-0.2, -0.15) is 0 Å². The molecule has 13 heavy (non-hydrogen) atoms. The Hall–Kier alpha value is -0.460. The van der Waals surface area contributed by atoms with E-state index in [2.05, 4.69) is 32.7 Å². The van der Waals surface area contributed by atoms with Crippen molar-refractivity contribution in [3.05, 3.63) is 12.3 Å². The molecule has 1 heterocycles. The van der Waals surface area contributed by atoms with Crippen LogP contribution in [0.5, 0.6) is 0 Å². The van der Waals surface area contributed by atoms with Crippen LogP contribution in [0.1, 0.15) is 52.9 Å². The van der Waals surface area contributed by atoms with Crippen molar-refractivity contribution in [3.8, 4) is 0 Å². The predicted octanol–water partition coefficient (Wildman–Crippen LogP) is 3.47. The van der Waals surface area contributed by atoms with Crippen LogP contribution in [0.25, 0.3) is 0 Å². The topological polar surface area (TPSA) is 12.0 Å². The van der Waals surface area contributed by atoms with E-state index in [0.29, 0.717) is 5.54 Å². The number of nitrogens with one attached hydrogen (secondary N) is 1. The standard InChI is InChI=1S/C12H23N/c1-5-7-8-11-9-10(3)13-12(11,4)6-2/h11,13H,3,5-9H2,1-2,4H3. The summed E-state index contributed by atoms with van der Waals surface area (Å²) in [7, 11) is 0. The lowest BCUT2D eigenvalue weighted by atomic mass is 9.82. The molecule has 0 bridgehead atoms. The van der Waals surface area contributed by atoms with Crippen molar-refractivity contribution < 1.29 is 0 Å². The van der Waals surface area contributed by atoms with Crippen LogP contribution in [-0.2, 0) is 0 Å². The van der Waals surface area contributed by atoms with Gasteiger partial charge in [0.05, 0.1) is 0 Å². The largest absolute Gasteiger partial charge is 0.383 e. The van der Waals surface area contributed by atoms with E-state index < -0.39 is 0 Å². The van der Waals surface area contributed by atoms with E-state index in [4.69, 9.17) is 0 Å². The zero-order valence-electron chi connectivity index (χ0n) is 9.32. The van der Waals surface area contributed by atoms with Gasteiger partial charge < -0.3 is 5.32 Å². The lowest BCUT2D eigenvalue weighted by Gasteiger charge is -2.30. The van der Waals surface area contributed by atoms with Crippen molar-refractivity contribution >= 4 is 0 Å². The molecule has 1 saturated heterocycles. The third-order valence-corrected chi connectivity index (χ3v) is 3.50. The van der Waals surface area contributed by atoms with Crippen LogP contribution in [-0.4, -0.2) is 5.54 Å². The van der Waals surface area contributed by atoms with Crippen LogP contribution in [0.15, 0.2) is 12.3 Å². The first-order valence-electron chi connectivity index (χ1n) is 5.58. The van der Waals surface area contributed by atoms with E-state index in [1.165, 1.54) is 37.8 Å². The lowest BCUT2D eigenvalue weighted by molar-refractivity contribution is 0.276. The summed E-state index contributed by atoms with van der Waals surface area (Å²) >= 11 is 0. The SMILES string of the molecule is C=C1CC(CCCC)C(C)(CC)N1. The zero-order chi connectivity index (χ0) is 9.90. The van der Waals surface area contributed by atoms with E-state index in [1.807, 2.05) is 0 Å². The molecule has 0 aromatic carbocycles. The summed E-state index contributed by atoms with van der Waals surface area (Å²) < 4.78 is 0. The second-order valence-corrected chi connectivity index (χ2v) is 4.54. The molecule has 0 aromatic rings. The molecule has 1 N–H and O–H groups in total. The van der Waals surface area contributed by atoms with Crippen molar-refractivity contribution in [1.29, 1.82) is 0 Å². The number of hydrogen-bond donors (Lipinski definition) is 1. The maximum absolute atomic E-state index is 4.04. The van der Waals surface area contributed by atoms with E-state index in [0.717, 1.165) is 5.92 Å². The monoisotopic (exact) mass is 181 g/mol. The third-order valence-electron chi connectivity index (χ3n) is 3.50. The summed E-state index contributed by atoms with van der Waals surface area (Å²) in [4.78, 5) is 0. The van der Waals surface area contributed by atoms with Crippen LogP contribution in [0, 0.1) is 5.92 Å². The second-order valence-electron chi connectivity index (χ2n) is 4.54. The Balaban J connectivity index is 2.55. The summed E-state index contributed by atoms with van der Waals surface area (Å²) in [6, 6.07) is 0. The molecule has 1 fully saturated rings. The molecule has 1 aliphatic heterocycles. The van der Waals surface area contributed by atoms with Crippen molar-refractivity contribution in [2.75, 3.05) is 0 Å². The maximum atomic E-state index is 4.04. The molecule has 0 spiro atoms. The normalized spacial score (nSPS) is 33.5. The van der Waals surface area contributed by atoms with Gasteiger partial charge in [-0.3, -0.25) is 0 Å². The fraction of sp³-hybridized carbons (Fsp3) is 0.833. The van der Waals surface area contributed by atoms with Gasteiger partial charge in [0.2, 0.25) is 0 Å². The Bertz CT molecular complexity index is 186. The molecule has 1 nitrogen and oxygen atoms in total. The molecule has 0 radical (unpaired) electrons. The Morgan fingerprint density at radius 2 is 2.23 bits per heavy atom. The predicted molar refractivity (Wildman–Crippen MR) is 58.6 cm³/mol. The van der Waals surface area contributed by atoms with Crippen LogP contribution in [0.4, 0.5) is 0 Å². The number of rotatable bonds is 4. The minimum Gasteiger partial charge on any atom is -0.383 e. The van der Waals surface area contributed by atoms with E-state index in [1.54, 1.807) is 0 Å². The highest BCUT2D eigenvalue weighted by Crippen LogP contribution is 2.37. The molecule has 1 aliphatic rings. The van der Waals surface area contributed by atoms with Gasteiger partial charge in [0.15, 0.2) is 0 Å². The van der Waals surface area contributed by atoms with Crippen LogP contribution in [0.3, 0.4) is 0 Å². The average molecular weight is 181 g/mol. The fourth-order valence-corrected chi connectivity index (χ4v) is 2.33. The van der Waals surface area contributed by atoms with Crippen LogP contribution < -0.4 is 5.32 Å². The average Bonchev–Trinajstić information content (AvgIpc) is 2.39. The Morgan fingerprint density at radius 1 is 1.54 bits per heavy atom. The lowest BCUT2D eigenvalue weighted by Crippen LogP contribution is -2.40. The fourth-order valence-electron chi connectivity index (χ4n) is 2.33. The molecular weight excluding hydrogens is 158 g/mol. The first-order chi connectivity index (χ1) is 6.12. The van der Waals surface area contributed by atoms with Crippen molar-refractivity contribution in [2.45, 2.75) is 58.4 Å². The summed E-state index contributed by atoms with van der Waals surface area (Å²) in [6.07, 6.45) is 6.41. The summed E-state index contributed by atoms with van der Waals surface area (Å²) in [5.74, 6) is 0.810. The molecular formula is C12H23N. The molecule has 0 aromatic heterocycles. The maximum Gasteiger partial charge on any atom is 0.0371 e. The minimum absolute atomic E-state index is 0.326. The quantitative estimate of drug-likeness (QED) is 0.700. The van der Waals surface area contributed by atoms with Gasteiger partial charge in [-0.15, -0.1) is 0 Å². The highest BCUT2D eigenvalue weighted by molar-refractivity contribution is 5.11. The highest BCUT2D eigenvalue weighted by Gasteiger charge is 2.37. The molecule has 0 saturated carbocycles. The zero-order valence-corrected chi connectivity index (χ0v) is 9.32. The van der Waals surface area contributed by atoms with Gasteiger partial charge in [-0.25, -0.2) is 0 Å². The van der Waals surface area contributed by atoms with Gasteiger partial charge in [0, 0.05) is 11.2 Å². The summed E-state index contributed by atoms with van der Waals surface area (Å²) in [6.45, 7) is 10.9. The first-order valence-corrected chi connectivity index (χ1v) is 5.58. The van der Waals surface area contributed by atoms with Gasteiger partial charge in [-0.1, -0.05) is 33.3 Å². The van der Waals surface area contributed by atoms with Crippen LogP contribution in [0.2, 0.25) is 0 Å². The summed E-state index contributed by atoms with van der Waals surface area (Å²) in [5.41, 5.74) is 1.57.